The first-order valence-corrected chi connectivity index (χ1v) is 7.07. The highest BCUT2D eigenvalue weighted by Crippen LogP contribution is 2.17. The van der Waals surface area contributed by atoms with Gasteiger partial charge in [-0.3, -0.25) is 9.78 Å². The number of nitrogens with zero attached hydrogens (tertiary/aromatic N) is 1. The van der Waals surface area contributed by atoms with Gasteiger partial charge in [-0.15, -0.1) is 0 Å². The van der Waals surface area contributed by atoms with Crippen LogP contribution in [0.3, 0.4) is 0 Å². The fourth-order valence-corrected chi connectivity index (χ4v) is 2.25. The van der Waals surface area contributed by atoms with E-state index in [-0.39, 0.29) is 12.0 Å². The van der Waals surface area contributed by atoms with E-state index in [0.29, 0.717) is 24.4 Å². The maximum atomic E-state index is 13.1. The number of nitrogens with one attached hydrogen (secondary N) is 2. The number of morpholine rings is 1. The molecule has 22 heavy (non-hydrogen) atoms. The van der Waals surface area contributed by atoms with Crippen molar-refractivity contribution in [2.45, 2.75) is 6.10 Å². The third kappa shape index (κ3) is 3.47. The normalized spacial score (nSPS) is 18.0. The monoisotopic (exact) mass is 301 g/mol. The van der Waals surface area contributed by atoms with Crippen LogP contribution in [-0.2, 0) is 4.74 Å². The number of carbonyl (C=O) groups is 1. The number of carbonyl (C=O) groups excluding carboxylic acids is 1. The predicted octanol–water partition coefficient (Wildman–Crippen LogP) is 2.13. The summed E-state index contributed by atoms with van der Waals surface area (Å²) in [6.45, 7) is 2.20. The smallest absolute Gasteiger partial charge is 0.257 e. The molecular weight excluding hydrogens is 285 g/mol. The number of halogens is 1. The quantitative estimate of drug-likeness (QED) is 0.911. The lowest BCUT2D eigenvalue weighted by Crippen LogP contribution is -2.33. The van der Waals surface area contributed by atoms with E-state index >= 15 is 0 Å². The number of hydrogen-bond acceptors (Lipinski definition) is 4. The van der Waals surface area contributed by atoms with E-state index in [2.05, 4.69) is 15.6 Å². The van der Waals surface area contributed by atoms with Gasteiger partial charge in [0.25, 0.3) is 5.91 Å². The molecule has 1 aromatic carbocycles. The molecule has 2 heterocycles. The average Bonchev–Trinajstić information content (AvgIpc) is 2.56. The summed E-state index contributed by atoms with van der Waals surface area (Å²) in [5, 5.41) is 5.86. The summed E-state index contributed by atoms with van der Waals surface area (Å²) in [6.07, 6.45) is 1.41. The Kier molecular flexibility index (Phi) is 4.41. The van der Waals surface area contributed by atoms with E-state index < -0.39 is 5.82 Å². The standard InChI is InChI=1S/C16H16FN3O2/c17-12-2-1-3-13(8-12)20-16(21)11-4-5-14(19-9-11)15-10-18-6-7-22-15/h1-5,8-9,15,18H,6-7,10H2,(H,20,21)/t15-/m1/s1. The largest absolute Gasteiger partial charge is 0.369 e. The highest BCUT2D eigenvalue weighted by atomic mass is 19.1. The number of amides is 1. The lowest BCUT2D eigenvalue weighted by molar-refractivity contribution is 0.0250. The van der Waals surface area contributed by atoms with Gasteiger partial charge in [-0.2, -0.15) is 0 Å². The molecule has 1 aliphatic rings. The van der Waals surface area contributed by atoms with Crippen molar-refractivity contribution in [2.24, 2.45) is 0 Å². The minimum Gasteiger partial charge on any atom is -0.369 e. The van der Waals surface area contributed by atoms with Crippen LogP contribution in [0.5, 0.6) is 0 Å². The molecule has 0 radical (unpaired) electrons. The lowest BCUT2D eigenvalue weighted by atomic mass is 10.1. The molecular formula is C16H16FN3O2. The molecule has 0 saturated carbocycles. The Labute approximate surface area is 127 Å². The molecule has 0 aliphatic carbocycles. The van der Waals surface area contributed by atoms with Gasteiger partial charge in [0.15, 0.2) is 0 Å². The molecule has 5 nitrogen and oxygen atoms in total. The molecule has 0 bridgehead atoms. The van der Waals surface area contributed by atoms with Crippen LogP contribution in [0.1, 0.15) is 22.2 Å². The van der Waals surface area contributed by atoms with Crippen molar-refractivity contribution in [3.05, 3.63) is 59.7 Å². The number of ether oxygens (including phenoxy) is 1. The topological polar surface area (TPSA) is 63.2 Å². The molecule has 1 saturated heterocycles. The predicted molar refractivity (Wildman–Crippen MR) is 80.2 cm³/mol. The van der Waals surface area contributed by atoms with Crippen LogP contribution in [0.25, 0.3) is 0 Å². The summed E-state index contributed by atoms with van der Waals surface area (Å²) in [6, 6.07) is 9.22. The minimum absolute atomic E-state index is 0.0888. The van der Waals surface area contributed by atoms with Crippen LogP contribution < -0.4 is 10.6 Å². The molecule has 1 aromatic heterocycles. The zero-order chi connectivity index (χ0) is 15.4. The van der Waals surface area contributed by atoms with Crippen LogP contribution in [0.2, 0.25) is 0 Å². The second-order valence-electron chi connectivity index (χ2n) is 5.00. The van der Waals surface area contributed by atoms with Crippen molar-refractivity contribution in [2.75, 3.05) is 25.0 Å². The Morgan fingerprint density at radius 2 is 2.27 bits per heavy atom. The highest BCUT2D eigenvalue weighted by molar-refractivity contribution is 6.04. The van der Waals surface area contributed by atoms with Crippen LogP contribution >= 0.6 is 0 Å². The van der Waals surface area contributed by atoms with Gasteiger partial charge in [-0.05, 0) is 30.3 Å². The summed E-state index contributed by atoms with van der Waals surface area (Å²) in [4.78, 5) is 16.4. The Morgan fingerprint density at radius 1 is 1.36 bits per heavy atom. The van der Waals surface area contributed by atoms with E-state index in [4.69, 9.17) is 4.74 Å². The molecule has 114 valence electrons. The summed E-state index contributed by atoms with van der Waals surface area (Å²) in [5.41, 5.74) is 1.61. The molecule has 1 atom stereocenters. The van der Waals surface area contributed by atoms with E-state index in [0.717, 1.165) is 12.2 Å². The molecule has 2 N–H and O–H groups in total. The van der Waals surface area contributed by atoms with Gasteiger partial charge in [0.2, 0.25) is 0 Å². The first kappa shape index (κ1) is 14.6. The summed E-state index contributed by atoms with van der Waals surface area (Å²) >= 11 is 0. The maximum Gasteiger partial charge on any atom is 0.257 e. The van der Waals surface area contributed by atoms with Gasteiger partial charge in [0, 0.05) is 25.0 Å². The third-order valence-corrected chi connectivity index (χ3v) is 3.39. The third-order valence-electron chi connectivity index (χ3n) is 3.39. The zero-order valence-corrected chi connectivity index (χ0v) is 11.9. The second kappa shape index (κ2) is 6.64. The van der Waals surface area contributed by atoms with E-state index in [1.807, 2.05) is 0 Å². The van der Waals surface area contributed by atoms with Crippen molar-refractivity contribution in [3.63, 3.8) is 0 Å². The number of benzene rings is 1. The lowest BCUT2D eigenvalue weighted by Gasteiger charge is -2.23. The van der Waals surface area contributed by atoms with Crippen LogP contribution in [0, 0.1) is 5.82 Å². The summed E-state index contributed by atoms with van der Waals surface area (Å²) in [7, 11) is 0. The van der Waals surface area contributed by atoms with Gasteiger partial charge >= 0.3 is 0 Å². The highest BCUT2D eigenvalue weighted by Gasteiger charge is 2.17. The Morgan fingerprint density at radius 3 is 2.95 bits per heavy atom. The number of anilines is 1. The second-order valence-corrected chi connectivity index (χ2v) is 5.00. The van der Waals surface area contributed by atoms with Crippen LogP contribution in [0.15, 0.2) is 42.6 Å². The van der Waals surface area contributed by atoms with E-state index in [1.54, 1.807) is 24.3 Å². The van der Waals surface area contributed by atoms with Crippen molar-refractivity contribution in [1.29, 1.82) is 0 Å². The van der Waals surface area contributed by atoms with Gasteiger partial charge in [0.1, 0.15) is 11.9 Å². The zero-order valence-electron chi connectivity index (χ0n) is 11.9. The molecule has 6 heteroatoms. The Bertz CT molecular complexity index is 655. The van der Waals surface area contributed by atoms with Crippen molar-refractivity contribution in [3.8, 4) is 0 Å². The number of hydrogen-bond donors (Lipinski definition) is 2. The number of rotatable bonds is 3. The van der Waals surface area contributed by atoms with Gasteiger partial charge in [-0.1, -0.05) is 6.07 Å². The minimum atomic E-state index is -0.395. The van der Waals surface area contributed by atoms with Gasteiger partial charge < -0.3 is 15.4 Å². The van der Waals surface area contributed by atoms with Crippen molar-refractivity contribution >= 4 is 11.6 Å². The fraction of sp³-hybridized carbons (Fsp3) is 0.250. The van der Waals surface area contributed by atoms with Crippen molar-refractivity contribution in [1.82, 2.24) is 10.3 Å². The van der Waals surface area contributed by atoms with Gasteiger partial charge in [0.05, 0.1) is 17.9 Å². The first-order chi connectivity index (χ1) is 10.7. The van der Waals surface area contributed by atoms with Crippen molar-refractivity contribution < 1.29 is 13.9 Å². The average molecular weight is 301 g/mol. The van der Waals surface area contributed by atoms with Crippen LogP contribution in [-0.4, -0.2) is 30.6 Å². The molecule has 2 aromatic rings. The summed E-state index contributed by atoms with van der Waals surface area (Å²) in [5.74, 6) is -0.722. The fourth-order valence-electron chi connectivity index (χ4n) is 2.25. The molecule has 1 aliphatic heterocycles. The van der Waals surface area contributed by atoms with E-state index in [1.165, 1.54) is 18.3 Å². The van der Waals surface area contributed by atoms with E-state index in [9.17, 15) is 9.18 Å². The van der Waals surface area contributed by atoms with Gasteiger partial charge in [-0.25, -0.2) is 4.39 Å². The summed E-state index contributed by atoms with van der Waals surface area (Å²) < 4.78 is 18.7. The van der Waals surface area contributed by atoms with Crippen LogP contribution in [0.4, 0.5) is 10.1 Å². The molecule has 3 rings (SSSR count). The first-order valence-electron chi connectivity index (χ1n) is 7.07. The Balaban J connectivity index is 1.68. The Hall–Kier alpha value is -2.31. The maximum absolute atomic E-state index is 13.1. The number of aromatic nitrogens is 1. The number of pyridine rings is 1. The molecule has 1 fully saturated rings. The molecule has 1 amide bonds. The molecule has 0 spiro atoms. The molecule has 0 unspecified atom stereocenters. The SMILES string of the molecule is O=C(Nc1cccc(F)c1)c1ccc([C@H]2CNCCO2)nc1.